The monoisotopic (exact) mass is 293 g/mol. The molecule has 0 aliphatic heterocycles. The fourth-order valence-electron chi connectivity index (χ4n) is 2.34. The van der Waals surface area contributed by atoms with Gasteiger partial charge in [-0.3, -0.25) is 0 Å². The van der Waals surface area contributed by atoms with Gasteiger partial charge in [-0.1, -0.05) is 48.0 Å². The average molecular weight is 294 g/mol. The van der Waals surface area contributed by atoms with Crippen molar-refractivity contribution in [2.45, 2.75) is 11.8 Å². The molecule has 0 saturated carbocycles. The first-order chi connectivity index (χ1) is 9.61. The molecule has 0 spiro atoms. The van der Waals surface area contributed by atoms with Crippen LogP contribution >= 0.6 is 11.6 Å². The lowest BCUT2D eigenvalue weighted by Gasteiger charge is -2.31. The SMILES string of the molecule is NCC(CO)(Cc1ccc(F)c(Cl)c1)c1ccccc1. The van der Waals surface area contributed by atoms with Gasteiger partial charge in [0.2, 0.25) is 0 Å². The molecule has 4 heteroatoms. The summed E-state index contributed by atoms with van der Waals surface area (Å²) in [5, 5.41) is 9.91. The summed E-state index contributed by atoms with van der Waals surface area (Å²) in [7, 11) is 0. The lowest BCUT2D eigenvalue weighted by Crippen LogP contribution is -2.41. The van der Waals surface area contributed by atoms with Gasteiger partial charge in [0.05, 0.1) is 11.6 Å². The highest BCUT2D eigenvalue weighted by atomic mass is 35.5. The van der Waals surface area contributed by atoms with Crippen molar-refractivity contribution < 1.29 is 9.50 Å². The van der Waals surface area contributed by atoms with Gasteiger partial charge in [-0.05, 0) is 29.7 Å². The molecule has 106 valence electrons. The van der Waals surface area contributed by atoms with E-state index in [0.29, 0.717) is 13.0 Å². The minimum atomic E-state index is -0.581. The molecule has 0 fully saturated rings. The Bertz CT molecular complexity index is 570. The van der Waals surface area contributed by atoms with Gasteiger partial charge >= 0.3 is 0 Å². The van der Waals surface area contributed by atoms with E-state index in [-0.39, 0.29) is 11.6 Å². The molecule has 1 atom stereocenters. The molecule has 2 aromatic rings. The van der Waals surface area contributed by atoms with Crippen LogP contribution in [0.25, 0.3) is 0 Å². The molecule has 1 unspecified atom stereocenters. The van der Waals surface area contributed by atoms with E-state index < -0.39 is 11.2 Å². The Morgan fingerprint density at radius 3 is 2.40 bits per heavy atom. The fourth-order valence-corrected chi connectivity index (χ4v) is 2.54. The van der Waals surface area contributed by atoms with Gasteiger partial charge in [0.25, 0.3) is 0 Å². The van der Waals surface area contributed by atoms with Gasteiger partial charge in [0.1, 0.15) is 5.82 Å². The zero-order valence-corrected chi connectivity index (χ0v) is 11.8. The summed E-state index contributed by atoms with van der Waals surface area (Å²) in [6, 6.07) is 14.2. The Balaban J connectivity index is 2.36. The van der Waals surface area contributed by atoms with Crippen LogP contribution in [-0.4, -0.2) is 18.3 Å². The summed E-state index contributed by atoms with van der Waals surface area (Å²) >= 11 is 5.81. The minimum absolute atomic E-state index is 0.0808. The van der Waals surface area contributed by atoms with Crippen molar-refractivity contribution in [2.75, 3.05) is 13.2 Å². The highest BCUT2D eigenvalue weighted by Gasteiger charge is 2.30. The van der Waals surface area contributed by atoms with Crippen molar-refractivity contribution in [1.29, 1.82) is 0 Å². The van der Waals surface area contributed by atoms with Crippen LogP contribution in [0.3, 0.4) is 0 Å². The van der Waals surface area contributed by atoms with Crippen LogP contribution < -0.4 is 5.73 Å². The quantitative estimate of drug-likeness (QED) is 0.890. The summed E-state index contributed by atoms with van der Waals surface area (Å²) in [5.74, 6) is -0.447. The van der Waals surface area contributed by atoms with E-state index in [0.717, 1.165) is 11.1 Å². The Morgan fingerprint density at radius 2 is 1.85 bits per heavy atom. The van der Waals surface area contributed by atoms with Gasteiger partial charge < -0.3 is 10.8 Å². The second-order valence-corrected chi connectivity index (χ2v) is 5.34. The summed E-state index contributed by atoms with van der Waals surface area (Å²) < 4.78 is 13.2. The van der Waals surface area contributed by atoms with Crippen LogP contribution in [0.15, 0.2) is 48.5 Å². The molecule has 2 rings (SSSR count). The van der Waals surface area contributed by atoms with Crippen LogP contribution in [0, 0.1) is 5.82 Å². The van der Waals surface area contributed by atoms with Crippen LogP contribution in [-0.2, 0) is 11.8 Å². The zero-order valence-electron chi connectivity index (χ0n) is 11.0. The van der Waals surface area contributed by atoms with E-state index in [1.807, 2.05) is 30.3 Å². The van der Waals surface area contributed by atoms with Gasteiger partial charge in [0, 0.05) is 12.0 Å². The average Bonchev–Trinajstić information content (AvgIpc) is 2.49. The molecule has 2 aromatic carbocycles. The molecule has 0 amide bonds. The third-order valence-electron chi connectivity index (χ3n) is 3.61. The Labute approximate surface area is 123 Å². The summed E-state index contributed by atoms with van der Waals surface area (Å²) in [6.45, 7) is 0.213. The van der Waals surface area contributed by atoms with Crippen LogP contribution in [0.4, 0.5) is 4.39 Å². The van der Waals surface area contributed by atoms with E-state index in [2.05, 4.69) is 0 Å². The first kappa shape index (κ1) is 15.0. The van der Waals surface area contributed by atoms with Crippen molar-refractivity contribution in [1.82, 2.24) is 0 Å². The maximum Gasteiger partial charge on any atom is 0.141 e. The molecule has 0 aromatic heterocycles. The Morgan fingerprint density at radius 1 is 1.15 bits per heavy atom. The number of hydrogen-bond donors (Lipinski definition) is 2. The molecular weight excluding hydrogens is 277 g/mol. The van der Waals surface area contributed by atoms with Gasteiger partial charge in [-0.15, -0.1) is 0 Å². The number of aliphatic hydroxyl groups is 1. The first-order valence-corrected chi connectivity index (χ1v) is 6.79. The predicted molar refractivity (Wildman–Crippen MR) is 79.4 cm³/mol. The molecule has 2 nitrogen and oxygen atoms in total. The number of rotatable bonds is 5. The zero-order chi connectivity index (χ0) is 14.6. The summed E-state index contributed by atoms with van der Waals surface area (Å²) in [5.41, 5.74) is 7.13. The van der Waals surface area contributed by atoms with Gasteiger partial charge in [-0.2, -0.15) is 0 Å². The molecule has 0 aliphatic carbocycles. The van der Waals surface area contributed by atoms with E-state index in [1.54, 1.807) is 12.1 Å². The Kier molecular flexibility index (Phi) is 4.76. The molecular formula is C16H17ClFNO. The standard InChI is InChI=1S/C16H17ClFNO/c17-14-8-12(6-7-15(14)18)9-16(10-19,11-20)13-4-2-1-3-5-13/h1-8,20H,9-11,19H2. The van der Waals surface area contributed by atoms with E-state index in [1.165, 1.54) is 6.07 Å². The van der Waals surface area contributed by atoms with E-state index >= 15 is 0 Å². The van der Waals surface area contributed by atoms with Crippen molar-refractivity contribution in [3.8, 4) is 0 Å². The second-order valence-electron chi connectivity index (χ2n) is 4.93. The van der Waals surface area contributed by atoms with E-state index in [4.69, 9.17) is 17.3 Å². The maximum atomic E-state index is 13.2. The van der Waals surface area contributed by atoms with Crippen molar-refractivity contribution in [3.63, 3.8) is 0 Å². The second kappa shape index (κ2) is 6.35. The first-order valence-electron chi connectivity index (χ1n) is 6.42. The lowest BCUT2D eigenvalue weighted by atomic mass is 9.76. The number of hydrogen-bond acceptors (Lipinski definition) is 2. The number of halogens is 2. The maximum absolute atomic E-state index is 13.2. The molecule has 0 saturated heterocycles. The van der Waals surface area contributed by atoms with Crippen LogP contribution in [0.2, 0.25) is 5.02 Å². The van der Waals surface area contributed by atoms with Gasteiger partial charge in [0.15, 0.2) is 0 Å². The Hall–Kier alpha value is -1.42. The molecule has 0 heterocycles. The lowest BCUT2D eigenvalue weighted by molar-refractivity contribution is 0.196. The van der Waals surface area contributed by atoms with Gasteiger partial charge in [-0.25, -0.2) is 4.39 Å². The van der Waals surface area contributed by atoms with Crippen LogP contribution in [0.5, 0.6) is 0 Å². The molecule has 0 radical (unpaired) electrons. The number of benzene rings is 2. The summed E-state index contributed by atoms with van der Waals surface area (Å²) in [6.07, 6.45) is 0.504. The summed E-state index contributed by atoms with van der Waals surface area (Å²) in [4.78, 5) is 0. The molecule has 0 bridgehead atoms. The number of aliphatic hydroxyl groups excluding tert-OH is 1. The smallest absolute Gasteiger partial charge is 0.141 e. The highest BCUT2D eigenvalue weighted by molar-refractivity contribution is 6.30. The predicted octanol–water partition coefficient (Wildman–Crippen LogP) is 2.91. The normalized spacial score (nSPS) is 14.0. The third kappa shape index (κ3) is 3.01. The molecule has 20 heavy (non-hydrogen) atoms. The van der Waals surface area contributed by atoms with Crippen molar-refractivity contribution >= 4 is 11.6 Å². The minimum Gasteiger partial charge on any atom is -0.395 e. The third-order valence-corrected chi connectivity index (χ3v) is 3.90. The topological polar surface area (TPSA) is 46.2 Å². The number of nitrogens with two attached hydrogens (primary N) is 1. The largest absolute Gasteiger partial charge is 0.395 e. The van der Waals surface area contributed by atoms with Crippen molar-refractivity contribution in [3.05, 3.63) is 70.5 Å². The van der Waals surface area contributed by atoms with Crippen molar-refractivity contribution in [2.24, 2.45) is 5.73 Å². The molecule has 0 aliphatic rings. The fraction of sp³-hybridized carbons (Fsp3) is 0.250. The van der Waals surface area contributed by atoms with Crippen LogP contribution in [0.1, 0.15) is 11.1 Å². The highest BCUT2D eigenvalue weighted by Crippen LogP contribution is 2.28. The molecule has 3 N–H and O–H groups in total. The van der Waals surface area contributed by atoms with E-state index in [9.17, 15) is 9.50 Å².